The molecule has 1 aromatic rings. The van der Waals surface area contributed by atoms with E-state index < -0.39 is 17.3 Å². The maximum absolute atomic E-state index is 11.2. The van der Waals surface area contributed by atoms with Crippen LogP contribution < -0.4 is 11.1 Å². The fraction of sp³-hybridized carbons (Fsp3) is 0.111. The molecule has 3 N–H and O–H groups in total. The van der Waals surface area contributed by atoms with Gasteiger partial charge >= 0.3 is 6.03 Å². The third-order valence-corrected chi connectivity index (χ3v) is 2.02. The molecule has 14 heavy (non-hydrogen) atoms. The van der Waals surface area contributed by atoms with Crippen molar-refractivity contribution in [3.05, 3.63) is 35.9 Å². The van der Waals surface area contributed by atoms with Gasteiger partial charge in [-0.15, -0.1) is 11.6 Å². The first-order valence-electron chi connectivity index (χ1n) is 3.90. The van der Waals surface area contributed by atoms with E-state index in [-0.39, 0.29) is 0 Å². The third kappa shape index (κ3) is 2.74. The Morgan fingerprint density at radius 1 is 1.29 bits per heavy atom. The third-order valence-electron chi connectivity index (χ3n) is 1.57. The predicted molar refractivity (Wildman–Crippen MR) is 52.8 cm³/mol. The molecule has 4 nitrogen and oxygen atoms in total. The van der Waals surface area contributed by atoms with Crippen LogP contribution in [0.3, 0.4) is 0 Å². The summed E-state index contributed by atoms with van der Waals surface area (Å²) in [4.78, 5) is 21.6. The van der Waals surface area contributed by atoms with Crippen molar-refractivity contribution in [2.75, 3.05) is 0 Å². The molecule has 0 radical (unpaired) electrons. The van der Waals surface area contributed by atoms with Gasteiger partial charge in [0.2, 0.25) is 0 Å². The predicted octanol–water partition coefficient (Wildman–Crippen LogP) is 1.16. The molecule has 0 fully saturated rings. The molecule has 1 aromatic carbocycles. The number of nitrogens with one attached hydrogen (secondary N) is 1. The van der Waals surface area contributed by atoms with Gasteiger partial charge in [0.1, 0.15) is 5.38 Å². The van der Waals surface area contributed by atoms with Gasteiger partial charge in [0.05, 0.1) is 0 Å². The number of halogens is 1. The Hall–Kier alpha value is -1.55. The molecule has 0 aliphatic heterocycles. The summed E-state index contributed by atoms with van der Waals surface area (Å²) >= 11 is 5.78. The van der Waals surface area contributed by atoms with E-state index >= 15 is 0 Å². The molecule has 0 aromatic heterocycles. The second-order valence-electron chi connectivity index (χ2n) is 2.63. The standard InChI is InChI=1S/C9H9ClN2O2/c10-7(8(13)12-9(11)14)6-4-2-1-3-5-6/h1-5,7H,(H3,11,12,13,14)/t7-/m0/s1. The molecular formula is C9H9ClN2O2. The number of carbonyl (C=O) groups excluding carboxylic acids is 2. The lowest BCUT2D eigenvalue weighted by Crippen LogP contribution is -2.36. The van der Waals surface area contributed by atoms with Crippen LogP contribution >= 0.6 is 11.6 Å². The maximum atomic E-state index is 11.2. The second kappa shape index (κ2) is 4.62. The van der Waals surface area contributed by atoms with Gasteiger partial charge in [-0.2, -0.15) is 0 Å². The summed E-state index contributed by atoms with van der Waals surface area (Å²) in [6.45, 7) is 0. The number of nitrogens with two attached hydrogens (primary N) is 1. The molecule has 1 atom stereocenters. The first kappa shape index (κ1) is 10.5. The molecule has 74 valence electrons. The molecule has 5 heteroatoms. The molecule has 0 unspecified atom stereocenters. The largest absolute Gasteiger partial charge is 0.351 e. The number of urea groups is 1. The number of alkyl halides is 1. The van der Waals surface area contributed by atoms with E-state index in [1.165, 1.54) is 0 Å². The van der Waals surface area contributed by atoms with Crippen molar-refractivity contribution in [1.29, 1.82) is 0 Å². The summed E-state index contributed by atoms with van der Waals surface area (Å²) in [7, 11) is 0. The average Bonchev–Trinajstić information content (AvgIpc) is 2.17. The van der Waals surface area contributed by atoms with Crippen molar-refractivity contribution in [2.24, 2.45) is 5.73 Å². The molecule has 3 amide bonds. The van der Waals surface area contributed by atoms with Crippen molar-refractivity contribution in [2.45, 2.75) is 5.38 Å². The lowest BCUT2D eigenvalue weighted by atomic mass is 10.1. The molecule has 0 aliphatic carbocycles. The first-order valence-corrected chi connectivity index (χ1v) is 4.34. The summed E-state index contributed by atoms with van der Waals surface area (Å²) in [6, 6.07) is 7.79. The molecule has 0 bridgehead atoms. The normalized spacial score (nSPS) is 11.8. The Kier molecular flexibility index (Phi) is 3.48. The summed E-state index contributed by atoms with van der Waals surface area (Å²) in [5.41, 5.74) is 5.40. The smallest absolute Gasteiger partial charge is 0.318 e. The number of primary amides is 1. The number of amides is 3. The van der Waals surface area contributed by atoms with Gasteiger partial charge in [-0.05, 0) is 5.56 Å². The fourth-order valence-corrected chi connectivity index (χ4v) is 1.16. The minimum absolute atomic E-state index is 0.618. The molecule has 0 aliphatic rings. The van der Waals surface area contributed by atoms with Crippen LogP contribution in [-0.2, 0) is 4.79 Å². The van der Waals surface area contributed by atoms with Crippen LogP contribution in [0.15, 0.2) is 30.3 Å². The van der Waals surface area contributed by atoms with Crippen molar-refractivity contribution in [3.63, 3.8) is 0 Å². The summed E-state index contributed by atoms with van der Waals surface area (Å²) in [6.07, 6.45) is 0. The van der Waals surface area contributed by atoms with E-state index in [0.29, 0.717) is 5.56 Å². The van der Waals surface area contributed by atoms with E-state index in [0.717, 1.165) is 0 Å². The van der Waals surface area contributed by atoms with E-state index in [4.69, 9.17) is 17.3 Å². The average molecular weight is 213 g/mol. The Balaban J connectivity index is 2.71. The minimum Gasteiger partial charge on any atom is -0.351 e. The SMILES string of the molecule is NC(=O)NC(=O)[C@@H](Cl)c1ccccc1. The van der Waals surface area contributed by atoms with E-state index in [1.54, 1.807) is 30.3 Å². The van der Waals surface area contributed by atoms with Crippen molar-refractivity contribution >= 4 is 23.5 Å². The van der Waals surface area contributed by atoms with Crippen LogP contribution in [0.4, 0.5) is 4.79 Å². The molecule has 0 saturated carbocycles. The Morgan fingerprint density at radius 3 is 2.36 bits per heavy atom. The van der Waals surface area contributed by atoms with Gasteiger partial charge in [0.25, 0.3) is 5.91 Å². The lowest BCUT2D eigenvalue weighted by molar-refractivity contribution is -0.119. The maximum Gasteiger partial charge on any atom is 0.318 e. The highest BCUT2D eigenvalue weighted by Gasteiger charge is 2.17. The zero-order valence-electron chi connectivity index (χ0n) is 7.24. The van der Waals surface area contributed by atoms with Crippen molar-refractivity contribution in [1.82, 2.24) is 5.32 Å². The van der Waals surface area contributed by atoms with Crippen LogP contribution in [0.5, 0.6) is 0 Å². The highest BCUT2D eigenvalue weighted by molar-refractivity contribution is 6.31. The molecule has 1 rings (SSSR count). The van der Waals surface area contributed by atoms with Gasteiger partial charge in [-0.1, -0.05) is 30.3 Å². The van der Waals surface area contributed by atoms with Crippen LogP contribution in [-0.4, -0.2) is 11.9 Å². The van der Waals surface area contributed by atoms with Crippen molar-refractivity contribution < 1.29 is 9.59 Å². The monoisotopic (exact) mass is 212 g/mol. The zero-order chi connectivity index (χ0) is 10.6. The molecular weight excluding hydrogens is 204 g/mol. The van der Waals surface area contributed by atoms with E-state index in [2.05, 4.69) is 0 Å². The Bertz CT molecular complexity index is 340. The number of benzene rings is 1. The highest BCUT2D eigenvalue weighted by Crippen LogP contribution is 2.19. The fourth-order valence-electron chi connectivity index (χ4n) is 0.958. The zero-order valence-corrected chi connectivity index (χ0v) is 7.99. The van der Waals surface area contributed by atoms with Gasteiger partial charge in [0, 0.05) is 0 Å². The second-order valence-corrected chi connectivity index (χ2v) is 3.06. The van der Waals surface area contributed by atoms with Gasteiger partial charge in [-0.3, -0.25) is 10.1 Å². The van der Waals surface area contributed by atoms with E-state index in [9.17, 15) is 9.59 Å². The van der Waals surface area contributed by atoms with Crippen LogP contribution in [0.25, 0.3) is 0 Å². The summed E-state index contributed by atoms with van der Waals surface area (Å²) in [5, 5.41) is 1.01. The van der Waals surface area contributed by atoms with Gasteiger partial charge in [-0.25, -0.2) is 4.79 Å². The van der Waals surface area contributed by atoms with E-state index in [1.807, 2.05) is 5.32 Å². The number of carbonyl (C=O) groups is 2. The molecule has 0 heterocycles. The lowest BCUT2D eigenvalue weighted by Gasteiger charge is -2.07. The highest BCUT2D eigenvalue weighted by atomic mass is 35.5. The molecule has 0 saturated heterocycles. The number of rotatable bonds is 2. The first-order chi connectivity index (χ1) is 6.61. The quantitative estimate of drug-likeness (QED) is 0.723. The number of hydrogen-bond acceptors (Lipinski definition) is 2. The Labute approximate surface area is 86.0 Å². The van der Waals surface area contributed by atoms with Gasteiger partial charge in [0.15, 0.2) is 0 Å². The van der Waals surface area contributed by atoms with Crippen LogP contribution in [0.1, 0.15) is 10.9 Å². The Morgan fingerprint density at radius 2 is 1.86 bits per heavy atom. The number of hydrogen-bond donors (Lipinski definition) is 2. The summed E-state index contributed by atoms with van der Waals surface area (Å²) in [5.74, 6) is -0.620. The summed E-state index contributed by atoms with van der Waals surface area (Å²) < 4.78 is 0. The molecule has 0 spiro atoms. The topological polar surface area (TPSA) is 72.2 Å². The van der Waals surface area contributed by atoms with Gasteiger partial charge < -0.3 is 5.73 Å². The minimum atomic E-state index is -0.906. The van der Waals surface area contributed by atoms with Crippen LogP contribution in [0, 0.1) is 0 Å². The number of imide groups is 1. The van der Waals surface area contributed by atoms with Crippen molar-refractivity contribution in [3.8, 4) is 0 Å². The van der Waals surface area contributed by atoms with Crippen LogP contribution in [0.2, 0.25) is 0 Å².